The van der Waals surface area contributed by atoms with E-state index >= 15 is 0 Å². The van der Waals surface area contributed by atoms with Crippen LogP contribution in [0.3, 0.4) is 0 Å². The lowest BCUT2D eigenvalue weighted by Crippen LogP contribution is -2.42. The molecule has 1 N–H and O–H groups in total. The van der Waals surface area contributed by atoms with Crippen LogP contribution in [0.4, 0.5) is 5.69 Å². The van der Waals surface area contributed by atoms with E-state index in [0.29, 0.717) is 43.3 Å². The number of benzene rings is 1. The molecule has 0 radical (unpaired) electrons. The molecule has 0 unspecified atom stereocenters. The Morgan fingerprint density at radius 1 is 1.17 bits per heavy atom. The molecule has 0 spiro atoms. The number of carbonyl (C=O) groups is 2. The van der Waals surface area contributed by atoms with Crippen LogP contribution >= 0.6 is 11.3 Å². The van der Waals surface area contributed by atoms with E-state index in [1.54, 1.807) is 11.3 Å². The summed E-state index contributed by atoms with van der Waals surface area (Å²) in [6.07, 6.45) is 1.56. The van der Waals surface area contributed by atoms with Gasteiger partial charge in [0.15, 0.2) is 0 Å². The zero-order valence-electron chi connectivity index (χ0n) is 16.3. The lowest BCUT2D eigenvalue weighted by atomic mass is 9.95. The number of thiophene rings is 1. The fourth-order valence-electron chi connectivity index (χ4n) is 3.51. The minimum absolute atomic E-state index is 0.0243. The second-order valence-electron chi connectivity index (χ2n) is 7.19. The summed E-state index contributed by atoms with van der Waals surface area (Å²) in [5.41, 5.74) is 1.49. The van der Waals surface area contributed by atoms with Crippen molar-refractivity contribution >= 4 is 28.8 Å². The Kier molecular flexibility index (Phi) is 5.76. The van der Waals surface area contributed by atoms with Gasteiger partial charge in [-0.3, -0.25) is 9.59 Å². The van der Waals surface area contributed by atoms with Gasteiger partial charge in [0.05, 0.1) is 17.0 Å². The number of aryl methyl sites for hydroxylation is 1. The number of likely N-dealkylation sites (tertiary alicyclic amines) is 1. The van der Waals surface area contributed by atoms with Gasteiger partial charge in [-0.05, 0) is 43.3 Å². The molecule has 29 heavy (non-hydrogen) atoms. The molecule has 1 aliphatic heterocycles. The van der Waals surface area contributed by atoms with Gasteiger partial charge in [-0.1, -0.05) is 24.3 Å². The molecule has 0 atom stereocenters. The topological polar surface area (TPSA) is 75.4 Å². The Bertz CT molecular complexity index is 974. The summed E-state index contributed by atoms with van der Waals surface area (Å²) in [6, 6.07) is 13.4. The van der Waals surface area contributed by atoms with E-state index in [2.05, 4.69) is 10.3 Å². The molecule has 0 aliphatic carbocycles. The zero-order chi connectivity index (χ0) is 20.2. The Labute approximate surface area is 173 Å². The van der Waals surface area contributed by atoms with Crippen LogP contribution in [0.5, 0.6) is 0 Å². The fraction of sp³-hybridized carbons (Fsp3) is 0.318. The number of carbonyl (C=O) groups excluding carboxylic acids is 2. The maximum absolute atomic E-state index is 12.7. The van der Waals surface area contributed by atoms with Crippen LogP contribution in [0.2, 0.25) is 0 Å². The number of amides is 2. The average Bonchev–Trinajstić information content (AvgIpc) is 3.39. The number of para-hydroxylation sites is 1. The molecular weight excluding hydrogens is 386 g/mol. The summed E-state index contributed by atoms with van der Waals surface area (Å²) >= 11 is 1.56. The third-order valence-corrected chi connectivity index (χ3v) is 6.06. The number of hydrogen-bond donors (Lipinski definition) is 1. The van der Waals surface area contributed by atoms with Crippen molar-refractivity contribution in [2.45, 2.75) is 26.2 Å². The Morgan fingerprint density at radius 3 is 2.62 bits per heavy atom. The van der Waals surface area contributed by atoms with Gasteiger partial charge in [0.25, 0.3) is 0 Å². The Morgan fingerprint density at radius 2 is 1.93 bits per heavy atom. The Hall–Kier alpha value is -2.93. The number of rotatable bonds is 5. The molecule has 1 aromatic carbocycles. The molecule has 6 nitrogen and oxygen atoms in total. The molecule has 3 heterocycles. The lowest BCUT2D eigenvalue weighted by molar-refractivity contribution is -0.133. The van der Waals surface area contributed by atoms with Crippen molar-refractivity contribution < 1.29 is 14.0 Å². The van der Waals surface area contributed by atoms with Crippen LogP contribution in [-0.2, 0) is 16.0 Å². The minimum atomic E-state index is -0.0709. The smallest absolute Gasteiger partial charge is 0.236 e. The normalized spacial score (nSPS) is 14.7. The van der Waals surface area contributed by atoms with Crippen molar-refractivity contribution in [1.29, 1.82) is 0 Å². The van der Waals surface area contributed by atoms with E-state index in [9.17, 15) is 9.59 Å². The lowest BCUT2D eigenvalue weighted by Gasteiger charge is -2.31. The highest BCUT2D eigenvalue weighted by Crippen LogP contribution is 2.27. The highest BCUT2D eigenvalue weighted by molar-refractivity contribution is 7.13. The standard InChI is InChI=1S/C22H23N3O3S/c1-15-18(24-22(28-15)19-8-5-13-29-19)14-20(26)25-11-9-16(10-12-25)21(27)23-17-6-3-2-4-7-17/h2-8,13,16H,9-12,14H2,1H3,(H,23,27). The summed E-state index contributed by atoms with van der Waals surface area (Å²) < 4.78 is 5.73. The first-order valence-corrected chi connectivity index (χ1v) is 10.6. The second kappa shape index (κ2) is 8.61. The molecule has 7 heteroatoms. The average molecular weight is 410 g/mol. The first kappa shape index (κ1) is 19.4. The molecule has 2 amide bonds. The second-order valence-corrected chi connectivity index (χ2v) is 8.13. The molecular formula is C22H23N3O3S. The summed E-state index contributed by atoms with van der Waals surface area (Å²) in [5.74, 6) is 1.23. The highest BCUT2D eigenvalue weighted by atomic mass is 32.1. The number of aromatic nitrogens is 1. The first-order valence-electron chi connectivity index (χ1n) is 9.74. The number of nitrogens with zero attached hydrogens (tertiary/aromatic N) is 2. The van der Waals surface area contributed by atoms with Crippen LogP contribution < -0.4 is 5.32 Å². The van der Waals surface area contributed by atoms with Crippen molar-refractivity contribution in [1.82, 2.24) is 9.88 Å². The number of piperidine rings is 1. The van der Waals surface area contributed by atoms with E-state index in [4.69, 9.17) is 4.42 Å². The van der Waals surface area contributed by atoms with Gasteiger partial charge in [0, 0.05) is 24.7 Å². The molecule has 150 valence electrons. The molecule has 4 rings (SSSR count). The zero-order valence-corrected chi connectivity index (χ0v) is 17.1. The van der Waals surface area contributed by atoms with E-state index < -0.39 is 0 Å². The fourth-order valence-corrected chi connectivity index (χ4v) is 4.16. The maximum atomic E-state index is 12.7. The van der Waals surface area contributed by atoms with E-state index in [0.717, 1.165) is 10.6 Å². The maximum Gasteiger partial charge on any atom is 0.236 e. The van der Waals surface area contributed by atoms with Crippen LogP contribution in [0.1, 0.15) is 24.3 Å². The number of anilines is 1. The molecule has 1 saturated heterocycles. The molecule has 0 saturated carbocycles. The summed E-state index contributed by atoms with van der Waals surface area (Å²) in [6.45, 7) is 3.01. The van der Waals surface area contributed by atoms with Crippen LogP contribution in [-0.4, -0.2) is 34.8 Å². The highest BCUT2D eigenvalue weighted by Gasteiger charge is 2.28. The predicted molar refractivity (Wildman–Crippen MR) is 113 cm³/mol. The third-order valence-electron chi connectivity index (χ3n) is 5.20. The summed E-state index contributed by atoms with van der Waals surface area (Å²) in [7, 11) is 0. The third kappa shape index (κ3) is 4.56. The minimum Gasteiger partial charge on any atom is -0.440 e. The molecule has 1 aliphatic rings. The van der Waals surface area contributed by atoms with Crippen molar-refractivity contribution in [2.75, 3.05) is 18.4 Å². The van der Waals surface area contributed by atoms with Gasteiger partial charge in [-0.2, -0.15) is 0 Å². The number of hydrogen-bond acceptors (Lipinski definition) is 5. The summed E-state index contributed by atoms with van der Waals surface area (Å²) in [5, 5.41) is 4.93. The monoisotopic (exact) mass is 409 g/mol. The van der Waals surface area contributed by atoms with Crippen LogP contribution in [0.15, 0.2) is 52.3 Å². The van der Waals surface area contributed by atoms with Crippen molar-refractivity contribution in [3.05, 3.63) is 59.3 Å². The van der Waals surface area contributed by atoms with E-state index in [1.165, 1.54) is 0 Å². The van der Waals surface area contributed by atoms with E-state index in [-0.39, 0.29) is 24.2 Å². The SMILES string of the molecule is Cc1oc(-c2cccs2)nc1CC(=O)N1CCC(C(=O)Nc2ccccc2)CC1. The largest absolute Gasteiger partial charge is 0.440 e. The quantitative estimate of drug-likeness (QED) is 0.687. The number of oxazole rings is 1. The van der Waals surface area contributed by atoms with E-state index in [1.807, 2.05) is 59.7 Å². The van der Waals surface area contributed by atoms with Gasteiger partial charge in [-0.25, -0.2) is 4.98 Å². The predicted octanol–water partition coefficient (Wildman–Crippen LogP) is 4.13. The first-order chi connectivity index (χ1) is 14.1. The van der Waals surface area contributed by atoms with Crippen molar-refractivity contribution in [3.63, 3.8) is 0 Å². The molecule has 3 aromatic rings. The van der Waals surface area contributed by atoms with Gasteiger partial charge in [0.2, 0.25) is 17.7 Å². The molecule has 0 bridgehead atoms. The molecule has 2 aromatic heterocycles. The van der Waals surface area contributed by atoms with Crippen LogP contribution in [0.25, 0.3) is 10.8 Å². The van der Waals surface area contributed by atoms with Crippen LogP contribution in [0, 0.1) is 12.8 Å². The van der Waals surface area contributed by atoms with Crippen molar-refractivity contribution in [3.8, 4) is 10.8 Å². The Balaban J connectivity index is 1.31. The van der Waals surface area contributed by atoms with Gasteiger partial charge in [0.1, 0.15) is 5.76 Å². The summed E-state index contributed by atoms with van der Waals surface area (Å²) in [4.78, 5) is 32.5. The van der Waals surface area contributed by atoms with Gasteiger partial charge < -0.3 is 14.6 Å². The van der Waals surface area contributed by atoms with Gasteiger partial charge in [-0.15, -0.1) is 11.3 Å². The molecule has 1 fully saturated rings. The number of nitrogens with one attached hydrogen (secondary N) is 1. The van der Waals surface area contributed by atoms with Gasteiger partial charge >= 0.3 is 0 Å². The van der Waals surface area contributed by atoms with Crippen molar-refractivity contribution in [2.24, 2.45) is 5.92 Å².